The first kappa shape index (κ1) is 26.9. The first-order chi connectivity index (χ1) is 21.3. The Morgan fingerprint density at radius 3 is 2.77 bits per heavy atom. The Hall–Kier alpha value is -4.66. The lowest BCUT2D eigenvalue weighted by atomic mass is 10.0. The minimum absolute atomic E-state index is 0.107. The van der Waals surface area contributed by atoms with E-state index in [1.54, 1.807) is 37.3 Å². The van der Waals surface area contributed by atoms with Crippen molar-refractivity contribution in [2.75, 3.05) is 24.6 Å². The number of ether oxygens (including phenoxy) is 3. The van der Waals surface area contributed by atoms with E-state index in [1.165, 1.54) is 6.07 Å². The summed E-state index contributed by atoms with van der Waals surface area (Å²) in [4.78, 5) is 21.4. The van der Waals surface area contributed by atoms with Gasteiger partial charge in [-0.1, -0.05) is 6.07 Å². The SMILES string of the molecule is CC1(c2ccc(C#N)cc2F)Oc2cccc(N3CCN(Cc4nc5ccc(C(=O)O)cc5n4C[C@@H]4CCO4)C4CC43)c2O1. The highest BCUT2D eigenvalue weighted by Crippen LogP contribution is 2.52. The van der Waals surface area contributed by atoms with Gasteiger partial charge < -0.3 is 28.8 Å². The third kappa shape index (κ3) is 4.36. The van der Waals surface area contributed by atoms with E-state index in [2.05, 4.69) is 14.4 Å². The summed E-state index contributed by atoms with van der Waals surface area (Å²) < 4.78 is 35.4. The molecule has 4 aromatic rings. The number of piperazine rings is 1. The average molecular weight is 596 g/mol. The molecule has 3 aromatic carbocycles. The molecule has 4 aliphatic rings. The fraction of sp³-hybridized carbons (Fsp3) is 0.364. The number of hydrogen-bond acceptors (Lipinski definition) is 8. The van der Waals surface area contributed by atoms with Gasteiger partial charge in [0.05, 0.1) is 58.7 Å². The molecule has 0 spiro atoms. The predicted molar refractivity (Wildman–Crippen MR) is 157 cm³/mol. The van der Waals surface area contributed by atoms with E-state index in [1.807, 2.05) is 24.3 Å². The number of halogens is 1. The van der Waals surface area contributed by atoms with Gasteiger partial charge in [-0.25, -0.2) is 14.2 Å². The lowest BCUT2D eigenvalue weighted by Gasteiger charge is -2.36. The molecule has 0 amide bonds. The van der Waals surface area contributed by atoms with Crippen LogP contribution < -0.4 is 14.4 Å². The van der Waals surface area contributed by atoms with Crippen molar-refractivity contribution in [3.05, 3.63) is 82.9 Å². The van der Waals surface area contributed by atoms with E-state index in [9.17, 15) is 14.3 Å². The molecule has 2 saturated heterocycles. The molecule has 0 bridgehead atoms. The average Bonchev–Trinajstić information content (AvgIpc) is 3.61. The number of para-hydroxylation sites is 1. The highest BCUT2D eigenvalue weighted by molar-refractivity contribution is 5.92. The molecule has 4 heterocycles. The minimum atomic E-state index is -1.36. The van der Waals surface area contributed by atoms with E-state index < -0.39 is 17.6 Å². The van der Waals surface area contributed by atoms with Gasteiger partial charge in [-0.2, -0.15) is 5.26 Å². The number of imidazole rings is 1. The minimum Gasteiger partial charge on any atom is -0.478 e. The summed E-state index contributed by atoms with van der Waals surface area (Å²) in [6.45, 7) is 5.31. The van der Waals surface area contributed by atoms with E-state index >= 15 is 0 Å². The molecule has 3 unspecified atom stereocenters. The van der Waals surface area contributed by atoms with Crippen LogP contribution in [0.4, 0.5) is 10.1 Å². The van der Waals surface area contributed by atoms with E-state index in [0.29, 0.717) is 30.6 Å². The lowest BCUT2D eigenvalue weighted by molar-refractivity contribution is -0.0705. The number of aromatic carboxylic acids is 1. The molecule has 44 heavy (non-hydrogen) atoms. The number of carbonyl (C=O) groups is 1. The summed E-state index contributed by atoms with van der Waals surface area (Å²) in [5, 5.41) is 18.7. The number of rotatable bonds is 7. The fourth-order valence-electron chi connectivity index (χ4n) is 6.81. The molecular weight excluding hydrogens is 565 g/mol. The van der Waals surface area contributed by atoms with E-state index in [-0.39, 0.29) is 28.8 Å². The Kier molecular flexibility index (Phi) is 6.08. The summed E-state index contributed by atoms with van der Waals surface area (Å²) >= 11 is 0. The normalized spacial score (nSPS) is 25.4. The van der Waals surface area contributed by atoms with E-state index in [4.69, 9.17) is 24.5 Å². The van der Waals surface area contributed by atoms with Crippen molar-refractivity contribution in [2.24, 2.45) is 0 Å². The number of benzene rings is 3. The Bertz CT molecular complexity index is 1870. The van der Waals surface area contributed by atoms with Gasteiger partial charge in [0.15, 0.2) is 11.5 Å². The topological polar surface area (TPSA) is 113 Å². The van der Waals surface area contributed by atoms with Crippen molar-refractivity contribution in [3.63, 3.8) is 0 Å². The van der Waals surface area contributed by atoms with Crippen LogP contribution in [0.2, 0.25) is 0 Å². The number of carboxylic acid groups (broad SMARTS) is 1. The first-order valence-corrected chi connectivity index (χ1v) is 14.9. The zero-order valence-electron chi connectivity index (χ0n) is 24.1. The Balaban J connectivity index is 1.03. The molecule has 3 fully saturated rings. The van der Waals surface area contributed by atoms with Gasteiger partial charge in [0.2, 0.25) is 0 Å². The van der Waals surface area contributed by atoms with Crippen LogP contribution in [0.5, 0.6) is 11.5 Å². The summed E-state index contributed by atoms with van der Waals surface area (Å²) in [5.74, 6) is -0.802. The Labute approximate surface area is 252 Å². The van der Waals surface area contributed by atoms with E-state index in [0.717, 1.165) is 55.1 Å². The Morgan fingerprint density at radius 1 is 1.16 bits per heavy atom. The molecule has 1 aromatic heterocycles. The standard InChI is InChI=1S/C33H30FN5O5/c1-33(22-7-5-19(16-35)13-23(22)34)43-29-4-2-3-25(31(29)44-33)38-11-10-37(27-15-28(27)38)18-30-36-24-8-6-20(32(40)41)14-26(24)39(30)17-21-9-12-42-21/h2-8,13-14,21,27-28H,9-12,15,17-18H2,1H3,(H,40,41)/t21-,27?,28?,33?/m0/s1. The maximum absolute atomic E-state index is 15.0. The molecule has 1 saturated carbocycles. The highest BCUT2D eigenvalue weighted by atomic mass is 19.1. The molecule has 1 aliphatic carbocycles. The second kappa shape index (κ2) is 9.94. The van der Waals surface area contributed by atoms with Crippen LogP contribution in [0.15, 0.2) is 54.6 Å². The zero-order valence-corrected chi connectivity index (χ0v) is 24.1. The highest BCUT2D eigenvalue weighted by Gasteiger charge is 2.51. The van der Waals surface area contributed by atoms with Crippen LogP contribution in [-0.4, -0.2) is 63.4 Å². The molecule has 224 valence electrons. The molecular formula is C33H30FN5O5. The van der Waals surface area contributed by atoms with Crippen LogP contribution in [0.25, 0.3) is 11.0 Å². The molecule has 10 nitrogen and oxygen atoms in total. The van der Waals surface area contributed by atoms with Crippen molar-refractivity contribution in [1.29, 1.82) is 5.26 Å². The summed E-state index contributed by atoms with van der Waals surface area (Å²) in [6, 6.07) is 17.8. The molecule has 3 aliphatic heterocycles. The van der Waals surface area contributed by atoms with Crippen LogP contribution in [0.1, 0.15) is 47.1 Å². The van der Waals surface area contributed by atoms with Gasteiger partial charge in [-0.05, 0) is 61.4 Å². The monoisotopic (exact) mass is 595 g/mol. The van der Waals surface area contributed by atoms with Crippen molar-refractivity contribution in [3.8, 4) is 17.6 Å². The van der Waals surface area contributed by atoms with Crippen LogP contribution >= 0.6 is 0 Å². The maximum Gasteiger partial charge on any atom is 0.335 e. The van der Waals surface area contributed by atoms with Crippen molar-refractivity contribution >= 4 is 22.7 Å². The van der Waals surface area contributed by atoms with Gasteiger partial charge in [0.1, 0.15) is 11.6 Å². The predicted octanol–water partition coefficient (Wildman–Crippen LogP) is 4.64. The fourth-order valence-corrected chi connectivity index (χ4v) is 6.81. The van der Waals surface area contributed by atoms with Crippen LogP contribution in [0.3, 0.4) is 0 Å². The summed E-state index contributed by atoms with van der Waals surface area (Å²) in [6.07, 6.45) is 2.07. The van der Waals surface area contributed by atoms with Gasteiger partial charge in [0, 0.05) is 38.7 Å². The number of aromatic nitrogens is 2. The summed E-state index contributed by atoms with van der Waals surface area (Å²) in [7, 11) is 0. The largest absolute Gasteiger partial charge is 0.478 e. The number of nitrogens with zero attached hydrogens (tertiary/aromatic N) is 5. The van der Waals surface area contributed by atoms with Gasteiger partial charge >= 0.3 is 5.97 Å². The lowest BCUT2D eigenvalue weighted by Crippen LogP contribution is -2.46. The quantitative estimate of drug-likeness (QED) is 0.327. The van der Waals surface area contributed by atoms with Crippen molar-refractivity contribution < 1.29 is 28.5 Å². The van der Waals surface area contributed by atoms with Gasteiger partial charge in [0.25, 0.3) is 5.79 Å². The second-order valence-corrected chi connectivity index (χ2v) is 12.0. The van der Waals surface area contributed by atoms with Crippen LogP contribution in [0, 0.1) is 17.1 Å². The molecule has 1 N–H and O–H groups in total. The third-order valence-corrected chi connectivity index (χ3v) is 9.28. The first-order valence-electron chi connectivity index (χ1n) is 14.9. The number of hydrogen-bond donors (Lipinski definition) is 1. The van der Waals surface area contributed by atoms with Crippen LogP contribution in [-0.2, 0) is 23.6 Å². The number of fused-ring (bicyclic) bond motifs is 3. The van der Waals surface area contributed by atoms with Gasteiger partial charge in [-0.3, -0.25) is 4.90 Å². The smallest absolute Gasteiger partial charge is 0.335 e. The molecule has 11 heteroatoms. The van der Waals surface area contributed by atoms with Gasteiger partial charge in [-0.15, -0.1) is 0 Å². The van der Waals surface area contributed by atoms with Crippen molar-refractivity contribution in [1.82, 2.24) is 14.5 Å². The third-order valence-electron chi connectivity index (χ3n) is 9.28. The molecule has 0 radical (unpaired) electrons. The summed E-state index contributed by atoms with van der Waals surface area (Å²) in [5.41, 5.74) is 3.24. The number of anilines is 1. The van der Waals surface area contributed by atoms with Crippen molar-refractivity contribution in [2.45, 2.75) is 56.8 Å². The maximum atomic E-state index is 15.0. The Morgan fingerprint density at radius 2 is 2.02 bits per heavy atom. The number of carboxylic acids is 1. The number of nitriles is 1. The second-order valence-electron chi connectivity index (χ2n) is 12.0. The zero-order chi connectivity index (χ0) is 30.2. The molecule has 4 atom stereocenters. The molecule has 8 rings (SSSR count).